The molecular weight excluding hydrogens is 588 g/mol. The third kappa shape index (κ3) is 8.64. The van der Waals surface area contributed by atoms with Crippen molar-refractivity contribution in [3.8, 4) is 0 Å². The number of rotatable bonds is 6. The van der Waals surface area contributed by atoms with Gasteiger partial charge in [-0.3, -0.25) is 9.69 Å². The number of hydrogen-bond donors (Lipinski definition) is 3. The first-order chi connectivity index (χ1) is 18.1. The number of alkyl halides is 3. The standard InChI is InChI=1S/C19H29N5O2.C9H9F3.Nb/c1-14(15-4-6-16(7-5-15)17(20)23-21)22-18(25)19(8-12-26-13-9-19)24-10-2-3-11-24;1-2-7-4-3-5-8(6-7)9(10,11)12;/h4-7,14H,2-3,8-13,21H2,1H3,(H3,20,22,23,25);3-6H,2H2,1H3;/p-1. The van der Waals surface area contributed by atoms with Crippen LogP contribution in [-0.4, -0.2) is 48.5 Å². The van der Waals surface area contributed by atoms with E-state index < -0.39 is 17.3 Å². The minimum atomic E-state index is -4.22. The molecule has 2 aliphatic rings. The Labute approximate surface area is 244 Å². The number of likely N-dealkylation sites (tertiary alicyclic amines) is 1. The van der Waals surface area contributed by atoms with Crippen molar-refractivity contribution in [3.05, 3.63) is 76.2 Å². The molecule has 1 unspecified atom stereocenters. The zero-order valence-corrected chi connectivity index (χ0v) is 24.6. The molecule has 0 aromatic heterocycles. The van der Waals surface area contributed by atoms with Crippen molar-refractivity contribution >= 4 is 11.7 Å². The van der Waals surface area contributed by atoms with E-state index in [1.54, 1.807) is 18.2 Å². The van der Waals surface area contributed by atoms with Crippen LogP contribution in [-0.2, 0) is 44.5 Å². The second kappa shape index (κ2) is 15.0. The number of carbonyl (C=O) groups is 1. The molecule has 39 heavy (non-hydrogen) atoms. The molecule has 2 aliphatic heterocycles. The molecule has 4 N–H and O–H groups in total. The largest absolute Gasteiger partial charge is 0.481 e. The zero-order valence-electron chi connectivity index (χ0n) is 22.4. The Morgan fingerprint density at radius 3 is 2.31 bits per heavy atom. The molecule has 2 heterocycles. The number of amidine groups is 1. The maximum atomic E-state index is 13.2. The van der Waals surface area contributed by atoms with Gasteiger partial charge in [-0.1, -0.05) is 49.4 Å². The van der Waals surface area contributed by atoms with E-state index >= 15 is 0 Å². The third-order valence-corrected chi connectivity index (χ3v) is 7.28. The number of ether oxygens (including phenoxy) is 1. The first kappa shape index (κ1) is 33.0. The van der Waals surface area contributed by atoms with E-state index in [1.807, 2.05) is 26.0 Å². The minimum Gasteiger partial charge on any atom is -0.481 e. The SMILES string of the molecule is CC(NC(=O)C1(N2CCCC2)CCOCC1)c1ccc(C(=N)[N-]N)cc1.CCc1cccc(C(F)(F)F)c1.[Nb]. The van der Waals surface area contributed by atoms with Gasteiger partial charge in [-0.25, -0.2) is 0 Å². The Hall–Kier alpha value is -2.21. The number of halogens is 3. The normalized spacial score (nSPS) is 17.7. The second-order valence-electron chi connectivity index (χ2n) is 9.68. The molecule has 0 bridgehead atoms. The fourth-order valence-corrected chi connectivity index (χ4v) is 4.93. The molecule has 213 valence electrons. The summed E-state index contributed by atoms with van der Waals surface area (Å²) in [4.78, 5) is 15.6. The number of hydrogen-bond acceptors (Lipinski definition) is 5. The van der Waals surface area contributed by atoms with Gasteiger partial charge in [0.15, 0.2) is 0 Å². The van der Waals surface area contributed by atoms with Gasteiger partial charge in [-0.15, -0.1) is 0 Å². The average Bonchev–Trinajstić information content (AvgIpc) is 3.49. The number of benzene rings is 2. The zero-order chi connectivity index (χ0) is 27.8. The van der Waals surface area contributed by atoms with Crippen LogP contribution in [0.15, 0.2) is 48.5 Å². The summed E-state index contributed by atoms with van der Waals surface area (Å²) >= 11 is 0. The van der Waals surface area contributed by atoms with Crippen LogP contribution in [0.4, 0.5) is 13.2 Å². The number of nitrogens with one attached hydrogen (secondary N) is 2. The monoisotopic (exact) mass is 625 g/mol. The Balaban J connectivity index is 0.000000346. The maximum absolute atomic E-state index is 13.2. The predicted molar refractivity (Wildman–Crippen MR) is 142 cm³/mol. The first-order valence-electron chi connectivity index (χ1n) is 13.0. The van der Waals surface area contributed by atoms with Gasteiger partial charge in [0.25, 0.3) is 0 Å². The van der Waals surface area contributed by atoms with Crippen LogP contribution in [0.5, 0.6) is 0 Å². The molecule has 2 aromatic carbocycles. The van der Waals surface area contributed by atoms with Crippen molar-refractivity contribution in [2.75, 3.05) is 26.3 Å². The summed E-state index contributed by atoms with van der Waals surface area (Å²) < 4.78 is 41.8. The predicted octanol–water partition coefficient (Wildman–Crippen LogP) is 5.35. The first-order valence-corrected chi connectivity index (χ1v) is 13.0. The molecule has 4 rings (SSSR count). The number of amides is 1. The summed E-state index contributed by atoms with van der Waals surface area (Å²) in [5, 5.41) is 10.9. The number of aryl methyl sites for hydroxylation is 1. The Bertz CT molecular complexity index is 1070. The van der Waals surface area contributed by atoms with Crippen LogP contribution in [0.2, 0.25) is 0 Å². The molecule has 2 saturated heterocycles. The van der Waals surface area contributed by atoms with E-state index in [4.69, 9.17) is 16.0 Å². The molecule has 1 amide bonds. The van der Waals surface area contributed by atoms with Crippen LogP contribution in [0, 0.1) is 5.41 Å². The van der Waals surface area contributed by atoms with Crippen molar-refractivity contribution in [2.24, 2.45) is 5.84 Å². The van der Waals surface area contributed by atoms with Crippen LogP contribution in [0.25, 0.3) is 5.43 Å². The minimum absolute atomic E-state index is 0. The van der Waals surface area contributed by atoms with Gasteiger partial charge >= 0.3 is 6.18 Å². The van der Waals surface area contributed by atoms with Crippen LogP contribution < -0.4 is 11.2 Å². The van der Waals surface area contributed by atoms with Gasteiger partial charge in [0, 0.05) is 35.6 Å². The van der Waals surface area contributed by atoms with Crippen LogP contribution in [0.1, 0.15) is 67.8 Å². The van der Waals surface area contributed by atoms with Crippen molar-refractivity contribution in [1.29, 1.82) is 5.41 Å². The van der Waals surface area contributed by atoms with Gasteiger partial charge in [0.2, 0.25) is 5.91 Å². The molecule has 2 aromatic rings. The topological polar surface area (TPSA) is 106 Å². The van der Waals surface area contributed by atoms with Gasteiger partial charge in [-0.05, 0) is 80.7 Å². The van der Waals surface area contributed by atoms with E-state index in [1.165, 1.54) is 12.1 Å². The molecule has 2 fully saturated rings. The smallest absolute Gasteiger partial charge is 0.416 e. The summed E-state index contributed by atoms with van der Waals surface area (Å²) in [5.41, 5.74) is 4.75. The number of nitrogens with two attached hydrogens (primary N) is 1. The molecule has 0 saturated carbocycles. The molecule has 0 spiro atoms. The molecule has 1 atom stereocenters. The van der Waals surface area contributed by atoms with Crippen LogP contribution in [0.3, 0.4) is 0 Å². The van der Waals surface area contributed by atoms with E-state index in [2.05, 4.69) is 15.6 Å². The van der Waals surface area contributed by atoms with E-state index in [-0.39, 0.29) is 40.2 Å². The Morgan fingerprint density at radius 2 is 1.77 bits per heavy atom. The molecule has 1 radical (unpaired) electrons. The number of carbonyl (C=O) groups excluding carboxylic acids is 1. The Kier molecular flexibility index (Phi) is 12.7. The third-order valence-electron chi connectivity index (χ3n) is 7.28. The Morgan fingerprint density at radius 1 is 1.15 bits per heavy atom. The van der Waals surface area contributed by atoms with Gasteiger partial charge in [0.05, 0.1) is 11.6 Å². The van der Waals surface area contributed by atoms with E-state index in [0.717, 1.165) is 50.4 Å². The van der Waals surface area contributed by atoms with Gasteiger partial charge < -0.3 is 26.7 Å². The van der Waals surface area contributed by atoms with Crippen molar-refractivity contribution in [2.45, 2.75) is 63.7 Å². The van der Waals surface area contributed by atoms with Crippen molar-refractivity contribution < 1.29 is 45.1 Å². The fraction of sp³-hybridized carbons (Fsp3) is 0.500. The fourth-order valence-electron chi connectivity index (χ4n) is 4.93. The summed E-state index contributed by atoms with van der Waals surface area (Å²) in [7, 11) is 0. The molecule has 7 nitrogen and oxygen atoms in total. The van der Waals surface area contributed by atoms with Gasteiger partial charge in [-0.2, -0.15) is 13.2 Å². The van der Waals surface area contributed by atoms with Gasteiger partial charge in [0.1, 0.15) is 5.54 Å². The average molecular weight is 626 g/mol. The van der Waals surface area contributed by atoms with Crippen molar-refractivity contribution in [1.82, 2.24) is 10.2 Å². The second-order valence-corrected chi connectivity index (χ2v) is 9.68. The van der Waals surface area contributed by atoms with E-state index in [0.29, 0.717) is 30.8 Å². The molecular formula is C28H37F3N5NbO2-. The quantitative estimate of drug-likeness (QED) is 0.132. The summed E-state index contributed by atoms with van der Waals surface area (Å²) in [6.45, 7) is 7.07. The van der Waals surface area contributed by atoms with Crippen LogP contribution >= 0.6 is 0 Å². The molecule has 11 heteroatoms. The number of nitrogens with zero attached hydrogens (tertiary/aromatic N) is 2. The summed E-state index contributed by atoms with van der Waals surface area (Å²) in [5.74, 6) is 5.30. The van der Waals surface area contributed by atoms with Crippen molar-refractivity contribution in [3.63, 3.8) is 0 Å². The summed E-state index contributed by atoms with van der Waals surface area (Å²) in [6, 6.07) is 12.7. The maximum Gasteiger partial charge on any atom is 0.416 e. The van der Waals surface area contributed by atoms with E-state index in [9.17, 15) is 18.0 Å². The summed E-state index contributed by atoms with van der Waals surface area (Å²) in [6.07, 6.45) is 0.227. The molecule has 0 aliphatic carbocycles.